The van der Waals surface area contributed by atoms with E-state index in [0.29, 0.717) is 5.92 Å². The molecular weight excluding hydrogens is 180 g/mol. The summed E-state index contributed by atoms with van der Waals surface area (Å²) in [4.78, 5) is 0. The Kier molecular flexibility index (Phi) is 8.08. The van der Waals surface area contributed by atoms with Crippen LogP contribution in [-0.2, 0) is 0 Å². The van der Waals surface area contributed by atoms with E-state index >= 15 is 0 Å². The summed E-state index contributed by atoms with van der Waals surface area (Å²) in [5, 5.41) is 0. The number of hydrogen-bond acceptors (Lipinski definition) is 0. The first-order chi connectivity index (χ1) is 7.13. The van der Waals surface area contributed by atoms with Gasteiger partial charge in [-0.15, -0.1) is 13.2 Å². The van der Waals surface area contributed by atoms with Crippen LogP contribution in [0.5, 0.6) is 0 Å². The van der Waals surface area contributed by atoms with Gasteiger partial charge in [-0.05, 0) is 37.5 Å². The summed E-state index contributed by atoms with van der Waals surface area (Å²) in [7, 11) is 0. The summed E-state index contributed by atoms with van der Waals surface area (Å²) in [5.41, 5.74) is 1.58. The molecule has 0 heteroatoms. The molecule has 0 bridgehead atoms. The highest BCUT2D eigenvalue weighted by atomic mass is 14.1. The fourth-order valence-corrected chi connectivity index (χ4v) is 1.85. The third kappa shape index (κ3) is 7.18. The highest BCUT2D eigenvalue weighted by Crippen LogP contribution is 2.22. The van der Waals surface area contributed by atoms with E-state index in [1.807, 2.05) is 12.2 Å². The van der Waals surface area contributed by atoms with Crippen molar-refractivity contribution < 1.29 is 0 Å². The molecule has 0 saturated carbocycles. The Labute approximate surface area is 95.8 Å². The van der Waals surface area contributed by atoms with Crippen LogP contribution in [-0.4, -0.2) is 0 Å². The zero-order chi connectivity index (χ0) is 11.7. The lowest BCUT2D eigenvalue weighted by atomic mass is 9.91. The summed E-state index contributed by atoms with van der Waals surface area (Å²) in [6.07, 6.45) is 11.1. The van der Waals surface area contributed by atoms with Crippen LogP contribution in [0.2, 0.25) is 0 Å². The van der Waals surface area contributed by atoms with E-state index < -0.39 is 0 Å². The van der Waals surface area contributed by atoms with Crippen LogP contribution >= 0.6 is 0 Å². The van der Waals surface area contributed by atoms with Crippen LogP contribution in [0.25, 0.3) is 0 Å². The van der Waals surface area contributed by atoms with E-state index in [1.165, 1.54) is 12.8 Å². The first-order valence-corrected chi connectivity index (χ1v) is 6.05. The minimum Gasteiger partial charge on any atom is -0.103 e. The lowest BCUT2D eigenvalue weighted by Crippen LogP contribution is -1.99. The standard InChI is InChI=1S/C15H26/c1-6-9-14(5)12-15(10-7-2)11-13(4)8-3/h6,8,10,13-14H,1,3,7,9,11-12H2,2,4-5H3. The zero-order valence-corrected chi connectivity index (χ0v) is 10.6. The first kappa shape index (κ1) is 14.2. The Bertz CT molecular complexity index is 210. The van der Waals surface area contributed by atoms with E-state index in [4.69, 9.17) is 0 Å². The second-order valence-electron chi connectivity index (χ2n) is 4.52. The highest BCUT2D eigenvalue weighted by molar-refractivity contribution is 5.05. The van der Waals surface area contributed by atoms with Gasteiger partial charge in [0.1, 0.15) is 0 Å². The van der Waals surface area contributed by atoms with E-state index in [2.05, 4.69) is 40.0 Å². The SMILES string of the molecule is C=CCC(C)CC(=CCC)CC(C)C=C. The molecular formula is C15H26. The van der Waals surface area contributed by atoms with Gasteiger partial charge in [-0.3, -0.25) is 0 Å². The van der Waals surface area contributed by atoms with E-state index in [9.17, 15) is 0 Å². The quantitative estimate of drug-likeness (QED) is 0.482. The van der Waals surface area contributed by atoms with Crippen LogP contribution < -0.4 is 0 Å². The van der Waals surface area contributed by atoms with Crippen molar-refractivity contribution in [1.82, 2.24) is 0 Å². The van der Waals surface area contributed by atoms with Gasteiger partial charge in [0, 0.05) is 0 Å². The third-order valence-corrected chi connectivity index (χ3v) is 2.66. The van der Waals surface area contributed by atoms with Gasteiger partial charge >= 0.3 is 0 Å². The van der Waals surface area contributed by atoms with E-state index in [1.54, 1.807) is 5.57 Å². The molecule has 0 saturated heterocycles. The largest absolute Gasteiger partial charge is 0.103 e. The molecule has 0 aliphatic heterocycles. The topological polar surface area (TPSA) is 0 Å². The van der Waals surface area contributed by atoms with Gasteiger partial charge in [-0.25, -0.2) is 0 Å². The summed E-state index contributed by atoms with van der Waals surface area (Å²) < 4.78 is 0. The second kappa shape index (κ2) is 8.52. The molecule has 2 atom stereocenters. The molecule has 0 aliphatic rings. The predicted molar refractivity (Wildman–Crippen MR) is 70.9 cm³/mol. The number of allylic oxidation sites excluding steroid dienone is 4. The molecule has 0 spiro atoms. The van der Waals surface area contributed by atoms with Crippen molar-refractivity contribution in [2.75, 3.05) is 0 Å². The fourth-order valence-electron chi connectivity index (χ4n) is 1.85. The zero-order valence-electron chi connectivity index (χ0n) is 10.6. The molecule has 0 fully saturated rings. The van der Waals surface area contributed by atoms with Crippen molar-refractivity contribution in [2.45, 2.75) is 46.5 Å². The van der Waals surface area contributed by atoms with Crippen molar-refractivity contribution >= 4 is 0 Å². The molecule has 0 heterocycles. The lowest BCUT2D eigenvalue weighted by molar-refractivity contribution is 0.556. The first-order valence-electron chi connectivity index (χ1n) is 6.05. The smallest absolute Gasteiger partial charge is 0.0227 e. The molecule has 0 amide bonds. The average Bonchev–Trinajstić information content (AvgIpc) is 2.18. The van der Waals surface area contributed by atoms with Crippen molar-refractivity contribution in [3.05, 3.63) is 37.0 Å². The summed E-state index contributed by atoms with van der Waals surface area (Å²) in [5.74, 6) is 1.32. The molecule has 0 aliphatic carbocycles. The number of rotatable bonds is 8. The Morgan fingerprint density at radius 2 is 1.87 bits per heavy atom. The third-order valence-electron chi connectivity index (χ3n) is 2.66. The molecule has 0 radical (unpaired) electrons. The van der Waals surface area contributed by atoms with Gasteiger partial charge in [0.2, 0.25) is 0 Å². The highest BCUT2D eigenvalue weighted by Gasteiger charge is 2.06. The van der Waals surface area contributed by atoms with E-state index in [0.717, 1.165) is 18.8 Å². The maximum atomic E-state index is 3.85. The van der Waals surface area contributed by atoms with Crippen molar-refractivity contribution in [3.63, 3.8) is 0 Å². The summed E-state index contributed by atoms with van der Waals surface area (Å²) in [6.45, 7) is 14.4. The van der Waals surface area contributed by atoms with Crippen LogP contribution in [0.3, 0.4) is 0 Å². The lowest BCUT2D eigenvalue weighted by Gasteiger charge is -2.15. The molecule has 0 nitrogen and oxygen atoms in total. The van der Waals surface area contributed by atoms with Crippen molar-refractivity contribution in [3.8, 4) is 0 Å². The van der Waals surface area contributed by atoms with Gasteiger partial charge in [0.05, 0.1) is 0 Å². The van der Waals surface area contributed by atoms with Gasteiger partial charge in [0.15, 0.2) is 0 Å². The second-order valence-corrected chi connectivity index (χ2v) is 4.52. The Morgan fingerprint density at radius 3 is 2.33 bits per heavy atom. The minimum atomic E-state index is 0.596. The molecule has 0 aromatic heterocycles. The molecule has 0 aromatic carbocycles. The van der Waals surface area contributed by atoms with Crippen LogP contribution in [0.15, 0.2) is 37.0 Å². The summed E-state index contributed by atoms with van der Waals surface area (Å²) in [6, 6.07) is 0. The minimum absolute atomic E-state index is 0.596. The van der Waals surface area contributed by atoms with Crippen LogP contribution in [0.1, 0.15) is 46.5 Å². The Morgan fingerprint density at radius 1 is 1.20 bits per heavy atom. The Hall–Kier alpha value is -0.780. The molecule has 86 valence electrons. The molecule has 0 N–H and O–H groups in total. The van der Waals surface area contributed by atoms with E-state index in [-0.39, 0.29) is 0 Å². The maximum absolute atomic E-state index is 3.85. The molecule has 15 heavy (non-hydrogen) atoms. The fraction of sp³-hybridized carbons (Fsp3) is 0.600. The van der Waals surface area contributed by atoms with Gasteiger partial charge in [0.25, 0.3) is 0 Å². The molecule has 0 aromatic rings. The summed E-state index contributed by atoms with van der Waals surface area (Å²) >= 11 is 0. The van der Waals surface area contributed by atoms with Crippen molar-refractivity contribution in [1.29, 1.82) is 0 Å². The predicted octanol–water partition coefficient (Wildman–Crippen LogP) is 5.14. The van der Waals surface area contributed by atoms with Gasteiger partial charge in [-0.1, -0.05) is 44.6 Å². The van der Waals surface area contributed by atoms with Gasteiger partial charge < -0.3 is 0 Å². The molecule has 0 rings (SSSR count). The monoisotopic (exact) mass is 206 g/mol. The Balaban J connectivity index is 4.21. The normalized spacial score (nSPS) is 15.8. The van der Waals surface area contributed by atoms with Gasteiger partial charge in [-0.2, -0.15) is 0 Å². The van der Waals surface area contributed by atoms with Crippen LogP contribution in [0.4, 0.5) is 0 Å². The average molecular weight is 206 g/mol. The maximum Gasteiger partial charge on any atom is -0.0227 e. The van der Waals surface area contributed by atoms with Crippen LogP contribution in [0, 0.1) is 11.8 Å². The number of hydrogen-bond donors (Lipinski definition) is 0. The molecule has 2 unspecified atom stereocenters. The van der Waals surface area contributed by atoms with Crippen molar-refractivity contribution in [2.24, 2.45) is 11.8 Å².